The van der Waals surface area contributed by atoms with Crippen LogP contribution in [-0.2, 0) is 4.79 Å². The zero-order valence-electron chi connectivity index (χ0n) is 14.7. The molecule has 0 fully saturated rings. The largest absolute Gasteiger partial charge is 0.506 e. The summed E-state index contributed by atoms with van der Waals surface area (Å²) in [5.41, 5.74) is -3.26. The second kappa shape index (κ2) is 8.20. The van der Waals surface area contributed by atoms with Crippen LogP contribution in [0.15, 0.2) is 34.8 Å². The Balaban J connectivity index is 2.77. The van der Waals surface area contributed by atoms with Crippen molar-refractivity contribution in [1.82, 2.24) is 0 Å². The van der Waals surface area contributed by atoms with Crippen molar-refractivity contribution >= 4 is 23.1 Å². The molecule has 0 spiro atoms. The first-order valence-corrected chi connectivity index (χ1v) is 7.92. The van der Waals surface area contributed by atoms with Gasteiger partial charge in [-0.2, -0.15) is 0 Å². The van der Waals surface area contributed by atoms with Crippen LogP contribution in [0, 0.1) is 36.0 Å². The standard InChI is InChI=1S/C19H14F5NO3/c1-3-13(25-14-5-4-9(20)6-10(14)21)16(19(27)28)18(26)15-8(2)17(24)12(23)7-11(15)22/h4-7,26H,3H2,1-2H3,(H,27,28). The number of benzene rings is 2. The maximum Gasteiger partial charge on any atom is 0.341 e. The van der Waals surface area contributed by atoms with Crippen LogP contribution < -0.4 is 0 Å². The van der Waals surface area contributed by atoms with Crippen molar-refractivity contribution in [2.75, 3.05) is 0 Å². The third-order valence-corrected chi connectivity index (χ3v) is 3.88. The summed E-state index contributed by atoms with van der Waals surface area (Å²) < 4.78 is 68.1. The van der Waals surface area contributed by atoms with Gasteiger partial charge in [-0.1, -0.05) is 6.92 Å². The summed E-state index contributed by atoms with van der Waals surface area (Å²) in [6.07, 6.45) is -0.160. The normalized spacial score (nSPS) is 12.8. The van der Waals surface area contributed by atoms with Gasteiger partial charge < -0.3 is 10.2 Å². The van der Waals surface area contributed by atoms with Gasteiger partial charge in [0.15, 0.2) is 17.5 Å². The number of rotatable bonds is 5. The Kier molecular flexibility index (Phi) is 6.17. The van der Waals surface area contributed by atoms with Gasteiger partial charge in [-0.25, -0.2) is 31.7 Å². The summed E-state index contributed by atoms with van der Waals surface area (Å²) in [5, 5.41) is 19.8. The number of aliphatic hydroxyl groups excluding tert-OH is 1. The van der Waals surface area contributed by atoms with Crippen molar-refractivity contribution in [3.05, 3.63) is 70.1 Å². The highest BCUT2D eigenvalue weighted by Gasteiger charge is 2.26. The van der Waals surface area contributed by atoms with E-state index in [4.69, 9.17) is 0 Å². The predicted molar refractivity (Wildman–Crippen MR) is 92.0 cm³/mol. The lowest BCUT2D eigenvalue weighted by Gasteiger charge is -2.13. The number of carboxylic acid groups (broad SMARTS) is 1. The average Bonchev–Trinajstić information content (AvgIpc) is 2.60. The SMILES string of the molecule is CCC(=Nc1ccc(F)cc1F)C(C(=O)O)=C(O)c1c(F)cc(F)c(F)c1C. The topological polar surface area (TPSA) is 69.9 Å². The second-order valence-electron chi connectivity index (χ2n) is 5.69. The number of carbonyl (C=O) groups is 1. The Morgan fingerprint density at radius 1 is 1.00 bits per heavy atom. The Labute approximate surface area is 156 Å². The van der Waals surface area contributed by atoms with Gasteiger partial charge in [0.25, 0.3) is 0 Å². The van der Waals surface area contributed by atoms with Crippen LogP contribution in [0.2, 0.25) is 0 Å². The molecule has 0 aliphatic rings. The highest BCUT2D eigenvalue weighted by Crippen LogP contribution is 2.29. The maximum absolute atomic E-state index is 14.1. The van der Waals surface area contributed by atoms with Crippen LogP contribution in [0.3, 0.4) is 0 Å². The zero-order valence-corrected chi connectivity index (χ0v) is 14.7. The second-order valence-corrected chi connectivity index (χ2v) is 5.69. The Morgan fingerprint density at radius 2 is 1.64 bits per heavy atom. The van der Waals surface area contributed by atoms with Gasteiger partial charge in [0.2, 0.25) is 0 Å². The quantitative estimate of drug-likeness (QED) is 0.238. The van der Waals surface area contributed by atoms with Crippen molar-refractivity contribution in [1.29, 1.82) is 0 Å². The first-order chi connectivity index (χ1) is 13.1. The minimum atomic E-state index is -1.76. The molecule has 0 saturated heterocycles. The third-order valence-electron chi connectivity index (χ3n) is 3.88. The van der Waals surface area contributed by atoms with Crippen molar-refractivity contribution in [2.24, 2.45) is 4.99 Å². The van der Waals surface area contributed by atoms with Crippen LogP contribution in [0.1, 0.15) is 24.5 Å². The fourth-order valence-electron chi connectivity index (χ4n) is 2.52. The first kappa shape index (κ1) is 21.1. The summed E-state index contributed by atoms with van der Waals surface area (Å²) in [4.78, 5) is 15.4. The van der Waals surface area contributed by atoms with Gasteiger partial charge in [0.05, 0.1) is 17.0 Å². The molecular formula is C19H14F5NO3. The van der Waals surface area contributed by atoms with E-state index in [1.807, 2.05) is 0 Å². The molecule has 2 aromatic carbocycles. The highest BCUT2D eigenvalue weighted by atomic mass is 19.2. The summed E-state index contributed by atoms with van der Waals surface area (Å²) in [7, 11) is 0. The summed E-state index contributed by atoms with van der Waals surface area (Å²) >= 11 is 0. The third kappa shape index (κ3) is 4.03. The van der Waals surface area contributed by atoms with E-state index < -0.39 is 63.2 Å². The van der Waals surface area contributed by atoms with Gasteiger partial charge in [-0.15, -0.1) is 0 Å². The minimum absolute atomic E-state index is 0.160. The first-order valence-electron chi connectivity index (χ1n) is 7.92. The molecular weight excluding hydrogens is 385 g/mol. The lowest BCUT2D eigenvalue weighted by molar-refractivity contribution is -0.132. The number of halogens is 5. The molecule has 0 bridgehead atoms. The van der Waals surface area contributed by atoms with Gasteiger partial charge in [-0.05, 0) is 25.5 Å². The van der Waals surface area contributed by atoms with Crippen LogP contribution in [0.25, 0.3) is 5.76 Å². The number of hydrogen-bond donors (Lipinski definition) is 2. The van der Waals surface area contributed by atoms with E-state index in [1.54, 1.807) is 0 Å². The molecule has 9 heteroatoms. The van der Waals surface area contributed by atoms with E-state index in [9.17, 15) is 37.0 Å². The molecule has 4 nitrogen and oxygen atoms in total. The molecule has 0 unspecified atom stereocenters. The monoisotopic (exact) mass is 399 g/mol. The molecule has 0 saturated carbocycles. The van der Waals surface area contributed by atoms with Crippen molar-refractivity contribution < 1.29 is 37.0 Å². The van der Waals surface area contributed by atoms with Crippen LogP contribution in [-0.4, -0.2) is 21.9 Å². The number of hydrogen-bond acceptors (Lipinski definition) is 3. The number of aliphatic hydroxyl groups is 1. The maximum atomic E-state index is 14.1. The Morgan fingerprint density at radius 3 is 2.18 bits per heavy atom. The Bertz CT molecular complexity index is 1020. The van der Waals surface area contributed by atoms with Crippen molar-refractivity contribution in [2.45, 2.75) is 20.3 Å². The van der Waals surface area contributed by atoms with Crippen molar-refractivity contribution in [3.8, 4) is 0 Å². The number of nitrogens with zero attached hydrogens (tertiary/aromatic N) is 1. The Hall–Kier alpha value is -3.23. The smallest absolute Gasteiger partial charge is 0.341 e. The molecule has 148 valence electrons. The van der Waals surface area contributed by atoms with Crippen LogP contribution >= 0.6 is 0 Å². The molecule has 0 aliphatic heterocycles. The summed E-state index contributed by atoms with van der Waals surface area (Å²) in [5.74, 6) is -9.31. The molecule has 0 heterocycles. The van der Waals surface area contributed by atoms with E-state index in [1.165, 1.54) is 6.92 Å². The van der Waals surface area contributed by atoms with Gasteiger partial charge >= 0.3 is 5.97 Å². The molecule has 0 atom stereocenters. The van der Waals surface area contributed by atoms with Crippen LogP contribution in [0.5, 0.6) is 0 Å². The fourth-order valence-corrected chi connectivity index (χ4v) is 2.52. The molecule has 0 amide bonds. The molecule has 2 rings (SSSR count). The molecule has 0 aliphatic carbocycles. The summed E-state index contributed by atoms with van der Waals surface area (Å²) in [6, 6.07) is 2.52. The molecule has 0 aromatic heterocycles. The van der Waals surface area contributed by atoms with Gasteiger partial charge in [0, 0.05) is 17.7 Å². The lowest BCUT2D eigenvalue weighted by atomic mass is 9.98. The highest BCUT2D eigenvalue weighted by molar-refractivity contribution is 6.24. The van der Waals surface area contributed by atoms with E-state index >= 15 is 0 Å². The van der Waals surface area contributed by atoms with Crippen LogP contribution in [0.4, 0.5) is 27.6 Å². The number of aliphatic carboxylic acids is 1. The average molecular weight is 399 g/mol. The molecule has 2 aromatic rings. The zero-order chi connectivity index (χ0) is 21.2. The number of carboxylic acids is 1. The molecule has 0 radical (unpaired) electrons. The van der Waals surface area contributed by atoms with Gasteiger partial charge in [-0.3, -0.25) is 0 Å². The van der Waals surface area contributed by atoms with E-state index in [0.29, 0.717) is 6.07 Å². The van der Waals surface area contributed by atoms with Gasteiger partial charge in [0.1, 0.15) is 23.0 Å². The molecule has 2 N–H and O–H groups in total. The predicted octanol–water partition coefficient (Wildman–Crippen LogP) is 5.23. The van der Waals surface area contributed by atoms with E-state index in [0.717, 1.165) is 19.1 Å². The number of aliphatic imine (C=N–C) groups is 1. The summed E-state index contributed by atoms with van der Waals surface area (Å²) in [6.45, 7) is 2.37. The fraction of sp³-hybridized carbons (Fsp3) is 0.158. The van der Waals surface area contributed by atoms with E-state index in [-0.39, 0.29) is 18.2 Å². The van der Waals surface area contributed by atoms with Crippen molar-refractivity contribution in [3.63, 3.8) is 0 Å². The van der Waals surface area contributed by atoms with E-state index in [2.05, 4.69) is 4.99 Å². The lowest BCUT2D eigenvalue weighted by Crippen LogP contribution is -2.16. The minimum Gasteiger partial charge on any atom is -0.506 e. The molecule has 28 heavy (non-hydrogen) atoms.